The molecule has 3 aromatic rings. The molecule has 1 aliphatic rings. The van der Waals surface area contributed by atoms with Gasteiger partial charge in [0.15, 0.2) is 0 Å². The molecule has 1 aromatic heterocycles. The van der Waals surface area contributed by atoms with Crippen LogP contribution in [0.3, 0.4) is 0 Å². The van der Waals surface area contributed by atoms with Gasteiger partial charge in [-0.3, -0.25) is 4.79 Å². The molecular weight excluding hydrogens is 383 g/mol. The van der Waals surface area contributed by atoms with Gasteiger partial charge in [-0.2, -0.15) is 10.1 Å². The fourth-order valence-electron chi connectivity index (χ4n) is 2.87. The second kappa shape index (κ2) is 7.06. The van der Waals surface area contributed by atoms with E-state index in [1.807, 2.05) is 30.3 Å². The van der Waals surface area contributed by atoms with Crippen molar-refractivity contribution >= 4 is 46.6 Å². The van der Waals surface area contributed by atoms with Crippen molar-refractivity contribution in [1.82, 2.24) is 0 Å². The van der Waals surface area contributed by atoms with Gasteiger partial charge in [-0.1, -0.05) is 47.5 Å². The number of hydrazone groups is 1. The van der Waals surface area contributed by atoms with Crippen LogP contribution >= 0.6 is 23.2 Å². The lowest BCUT2D eigenvalue weighted by Gasteiger charge is -2.10. The third-order valence-electron chi connectivity index (χ3n) is 4.19. The Hall–Kier alpha value is -2.82. The second-order valence-electron chi connectivity index (χ2n) is 5.99. The maximum Gasteiger partial charge on any atom is 0.280 e. The van der Waals surface area contributed by atoms with Crippen LogP contribution in [0.15, 0.2) is 75.8 Å². The first-order valence-electron chi connectivity index (χ1n) is 8.25. The number of nitrogens with zero attached hydrogens (tertiary/aromatic N) is 2. The minimum absolute atomic E-state index is 0.201. The van der Waals surface area contributed by atoms with Crippen molar-refractivity contribution in [2.45, 2.75) is 6.92 Å². The van der Waals surface area contributed by atoms with Crippen LogP contribution in [0, 0.1) is 0 Å². The van der Waals surface area contributed by atoms with E-state index in [2.05, 4.69) is 5.10 Å². The zero-order valence-electron chi connectivity index (χ0n) is 14.3. The standard InChI is InChI=1S/C21H14Cl2N2O2/c1-13-16(21(26)25(24-13)14-6-3-2-4-7-14)12-15-10-11-19(27-15)20-17(22)8-5-9-18(20)23/h2-12H,1H3/b16-12-. The van der Waals surface area contributed by atoms with Gasteiger partial charge in [0.1, 0.15) is 11.5 Å². The third kappa shape index (κ3) is 3.29. The molecule has 1 amide bonds. The van der Waals surface area contributed by atoms with Crippen molar-refractivity contribution in [3.63, 3.8) is 0 Å². The Morgan fingerprint density at radius 2 is 1.67 bits per heavy atom. The topological polar surface area (TPSA) is 45.8 Å². The maximum atomic E-state index is 12.8. The van der Waals surface area contributed by atoms with Crippen LogP contribution in [-0.2, 0) is 4.79 Å². The highest BCUT2D eigenvalue weighted by molar-refractivity contribution is 6.39. The number of amides is 1. The first kappa shape index (κ1) is 17.6. The molecule has 134 valence electrons. The molecular formula is C21H14Cl2N2O2. The summed E-state index contributed by atoms with van der Waals surface area (Å²) in [4.78, 5) is 12.8. The molecule has 6 heteroatoms. The van der Waals surface area contributed by atoms with Crippen molar-refractivity contribution in [3.05, 3.63) is 82.0 Å². The molecule has 0 bridgehead atoms. The number of carbonyl (C=O) groups is 1. The second-order valence-corrected chi connectivity index (χ2v) is 6.81. The van der Waals surface area contributed by atoms with E-state index in [1.54, 1.807) is 43.3 Å². The van der Waals surface area contributed by atoms with E-state index in [-0.39, 0.29) is 5.91 Å². The number of hydrogen-bond donors (Lipinski definition) is 0. The monoisotopic (exact) mass is 396 g/mol. The average molecular weight is 397 g/mol. The van der Waals surface area contributed by atoms with Gasteiger partial charge in [0.05, 0.1) is 32.6 Å². The van der Waals surface area contributed by atoms with Gasteiger partial charge in [0.25, 0.3) is 5.91 Å². The molecule has 0 spiro atoms. The Morgan fingerprint density at radius 1 is 0.963 bits per heavy atom. The molecule has 1 aliphatic heterocycles. The van der Waals surface area contributed by atoms with Crippen LogP contribution in [0.4, 0.5) is 5.69 Å². The first-order chi connectivity index (χ1) is 13.0. The van der Waals surface area contributed by atoms with Crippen LogP contribution in [0.5, 0.6) is 0 Å². The summed E-state index contributed by atoms with van der Waals surface area (Å²) in [5.74, 6) is 0.860. The number of rotatable bonds is 3. The van der Waals surface area contributed by atoms with E-state index in [0.29, 0.717) is 44.1 Å². The Labute approximate surface area is 166 Å². The largest absolute Gasteiger partial charge is 0.457 e. The molecule has 0 fully saturated rings. The smallest absolute Gasteiger partial charge is 0.280 e. The molecule has 0 unspecified atom stereocenters. The summed E-state index contributed by atoms with van der Waals surface area (Å²) in [6.07, 6.45) is 1.68. The SMILES string of the molecule is CC1=NN(c2ccccc2)C(=O)/C1=C\c1ccc(-c2c(Cl)cccc2Cl)o1. The van der Waals surface area contributed by atoms with E-state index >= 15 is 0 Å². The van der Waals surface area contributed by atoms with Crippen molar-refractivity contribution in [2.75, 3.05) is 5.01 Å². The van der Waals surface area contributed by atoms with E-state index < -0.39 is 0 Å². The number of anilines is 1. The molecule has 27 heavy (non-hydrogen) atoms. The van der Waals surface area contributed by atoms with Crippen LogP contribution in [0.25, 0.3) is 17.4 Å². The highest BCUT2D eigenvalue weighted by atomic mass is 35.5. The quantitative estimate of drug-likeness (QED) is 0.505. The number of para-hydroxylation sites is 1. The minimum Gasteiger partial charge on any atom is -0.457 e. The van der Waals surface area contributed by atoms with Crippen LogP contribution in [0.2, 0.25) is 10.0 Å². The highest BCUT2D eigenvalue weighted by Crippen LogP contribution is 2.36. The summed E-state index contributed by atoms with van der Waals surface area (Å²) in [6, 6.07) is 18.1. The van der Waals surface area contributed by atoms with Gasteiger partial charge in [-0.25, -0.2) is 0 Å². The van der Waals surface area contributed by atoms with Crippen molar-refractivity contribution < 1.29 is 9.21 Å². The number of hydrogen-bond acceptors (Lipinski definition) is 3. The lowest BCUT2D eigenvalue weighted by atomic mass is 10.1. The lowest BCUT2D eigenvalue weighted by Crippen LogP contribution is -2.21. The zero-order chi connectivity index (χ0) is 19.0. The molecule has 0 aliphatic carbocycles. The van der Waals surface area contributed by atoms with Crippen LogP contribution in [-0.4, -0.2) is 11.6 Å². The molecule has 4 nitrogen and oxygen atoms in total. The molecule has 4 rings (SSSR count). The lowest BCUT2D eigenvalue weighted by molar-refractivity contribution is -0.114. The number of halogens is 2. The van der Waals surface area contributed by atoms with Crippen molar-refractivity contribution in [3.8, 4) is 11.3 Å². The van der Waals surface area contributed by atoms with Gasteiger partial charge < -0.3 is 4.42 Å². The molecule has 2 heterocycles. The molecule has 0 N–H and O–H groups in total. The fraction of sp³-hybridized carbons (Fsp3) is 0.0476. The summed E-state index contributed by atoms with van der Waals surface area (Å²) < 4.78 is 5.86. The Morgan fingerprint density at radius 3 is 2.37 bits per heavy atom. The summed E-state index contributed by atoms with van der Waals surface area (Å²) in [5.41, 5.74) is 2.44. The van der Waals surface area contributed by atoms with Crippen LogP contribution < -0.4 is 5.01 Å². The zero-order valence-corrected chi connectivity index (χ0v) is 15.8. The summed E-state index contributed by atoms with van der Waals surface area (Å²) >= 11 is 12.5. The minimum atomic E-state index is -0.201. The third-order valence-corrected chi connectivity index (χ3v) is 4.82. The van der Waals surface area contributed by atoms with E-state index in [4.69, 9.17) is 27.6 Å². The van der Waals surface area contributed by atoms with E-state index in [9.17, 15) is 4.79 Å². The summed E-state index contributed by atoms with van der Waals surface area (Å²) in [6.45, 7) is 1.79. The number of carbonyl (C=O) groups excluding carboxylic acids is 1. The number of benzene rings is 2. The predicted octanol–water partition coefficient (Wildman–Crippen LogP) is 6.06. The van der Waals surface area contributed by atoms with Gasteiger partial charge in [-0.05, 0) is 49.4 Å². The van der Waals surface area contributed by atoms with Crippen molar-refractivity contribution in [1.29, 1.82) is 0 Å². The molecule has 0 atom stereocenters. The van der Waals surface area contributed by atoms with Crippen molar-refractivity contribution in [2.24, 2.45) is 5.10 Å². The Balaban J connectivity index is 1.66. The summed E-state index contributed by atoms with van der Waals surface area (Å²) in [7, 11) is 0. The molecule has 0 radical (unpaired) electrons. The van der Waals surface area contributed by atoms with Gasteiger partial charge in [0, 0.05) is 0 Å². The normalized spacial score (nSPS) is 15.5. The van der Waals surface area contributed by atoms with E-state index in [1.165, 1.54) is 5.01 Å². The Kier molecular flexibility index (Phi) is 4.60. The van der Waals surface area contributed by atoms with Gasteiger partial charge in [-0.15, -0.1) is 0 Å². The predicted molar refractivity (Wildman–Crippen MR) is 109 cm³/mol. The fourth-order valence-corrected chi connectivity index (χ4v) is 3.45. The van der Waals surface area contributed by atoms with E-state index in [0.717, 1.165) is 0 Å². The maximum absolute atomic E-state index is 12.8. The summed E-state index contributed by atoms with van der Waals surface area (Å²) in [5, 5.41) is 6.75. The Bertz CT molecular complexity index is 1060. The molecule has 0 saturated carbocycles. The van der Waals surface area contributed by atoms with Crippen LogP contribution in [0.1, 0.15) is 12.7 Å². The van der Waals surface area contributed by atoms with Gasteiger partial charge >= 0.3 is 0 Å². The van der Waals surface area contributed by atoms with Gasteiger partial charge in [0.2, 0.25) is 0 Å². The number of furan rings is 1. The first-order valence-corrected chi connectivity index (χ1v) is 9.01. The molecule has 0 saturated heterocycles. The average Bonchev–Trinajstić information content (AvgIpc) is 3.22. The molecule has 2 aromatic carbocycles. The highest BCUT2D eigenvalue weighted by Gasteiger charge is 2.29.